The number of nitrogens with zero attached hydrogens (tertiary/aromatic N) is 1. The van der Waals surface area contributed by atoms with Crippen LogP contribution in [0.25, 0.3) is 0 Å². The topological polar surface area (TPSA) is 89.3 Å². The van der Waals surface area contributed by atoms with Crippen molar-refractivity contribution in [2.24, 2.45) is 0 Å². The Morgan fingerprint density at radius 1 is 1.35 bits per heavy atom. The Bertz CT molecular complexity index is 775. The molecule has 0 atom stereocenters. The molecule has 10 heteroatoms. The number of hydrogen-bond acceptors (Lipinski definition) is 5. The molecule has 0 aliphatic carbocycles. The first kappa shape index (κ1) is 15.2. The fourth-order valence-electron chi connectivity index (χ4n) is 1.33. The summed E-state index contributed by atoms with van der Waals surface area (Å²) in [5.74, 6) is 0. The third-order valence-electron chi connectivity index (χ3n) is 2.23. The van der Waals surface area contributed by atoms with Gasteiger partial charge in [0.1, 0.15) is 4.21 Å². The number of sulfonamides is 1. The van der Waals surface area contributed by atoms with Crippen molar-refractivity contribution in [2.75, 3.05) is 4.72 Å². The lowest BCUT2D eigenvalue weighted by atomic mass is 10.3. The molecule has 1 N–H and O–H groups in total. The Labute approximate surface area is 131 Å². The van der Waals surface area contributed by atoms with Gasteiger partial charge in [-0.2, -0.15) is 0 Å². The van der Waals surface area contributed by atoms with E-state index in [-0.39, 0.29) is 8.55 Å². The summed E-state index contributed by atoms with van der Waals surface area (Å²) in [4.78, 5) is 9.95. The summed E-state index contributed by atoms with van der Waals surface area (Å²) in [6.45, 7) is 0. The van der Waals surface area contributed by atoms with Crippen LogP contribution in [0.4, 0.5) is 11.4 Å². The van der Waals surface area contributed by atoms with Crippen molar-refractivity contribution in [3.05, 3.63) is 49.3 Å². The second kappa shape index (κ2) is 5.68. The smallest absolute Gasteiger partial charge is 0.278 e. The summed E-state index contributed by atoms with van der Waals surface area (Å²) in [7, 11) is -3.92. The molecule has 0 bridgehead atoms. The van der Waals surface area contributed by atoms with Crippen molar-refractivity contribution >= 4 is 60.3 Å². The van der Waals surface area contributed by atoms with E-state index in [1.165, 1.54) is 0 Å². The van der Waals surface area contributed by atoms with Gasteiger partial charge in [0.25, 0.3) is 15.7 Å². The van der Waals surface area contributed by atoms with Crippen LogP contribution in [-0.2, 0) is 10.0 Å². The number of nitro groups is 1. The van der Waals surface area contributed by atoms with Crippen molar-refractivity contribution in [3.8, 4) is 0 Å². The Kier molecular flexibility index (Phi) is 4.33. The van der Waals surface area contributed by atoms with E-state index in [2.05, 4.69) is 20.7 Å². The highest BCUT2D eigenvalue weighted by Crippen LogP contribution is 2.37. The van der Waals surface area contributed by atoms with Crippen molar-refractivity contribution in [1.29, 1.82) is 0 Å². The molecular weight excluding hydrogens is 392 g/mol. The van der Waals surface area contributed by atoms with Gasteiger partial charge in [0, 0.05) is 10.5 Å². The monoisotopic (exact) mass is 396 g/mol. The molecule has 2 rings (SSSR count). The fraction of sp³-hybridized carbons (Fsp3) is 0. The van der Waals surface area contributed by atoms with E-state index < -0.39 is 20.6 Å². The number of halogens is 2. The van der Waals surface area contributed by atoms with Crippen molar-refractivity contribution < 1.29 is 13.3 Å². The Hall–Kier alpha value is -1.16. The number of rotatable bonds is 4. The van der Waals surface area contributed by atoms with Crippen LogP contribution in [0.15, 0.2) is 39.0 Å². The van der Waals surface area contributed by atoms with Crippen molar-refractivity contribution in [3.63, 3.8) is 0 Å². The second-order valence-corrected chi connectivity index (χ2v) is 7.98. The highest BCUT2D eigenvalue weighted by molar-refractivity contribution is 9.10. The summed E-state index contributed by atoms with van der Waals surface area (Å²) < 4.78 is 26.8. The molecule has 6 nitrogen and oxygen atoms in total. The van der Waals surface area contributed by atoms with Crippen LogP contribution in [0.3, 0.4) is 0 Å². The van der Waals surface area contributed by atoms with Crippen LogP contribution < -0.4 is 4.72 Å². The highest BCUT2D eigenvalue weighted by Gasteiger charge is 2.25. The van der Waals surface area contributed by atoms with E-state index in [0.717, 1.165) is 6.07 Å². The number of nitrogens with one attached hydrogen (secondary N) is 1. The molecule has 2 aromatic rings. The minimum Gasteiger partial charge on any atom is -0.278 e. The van der Waals surface area contributed by atoms with Gasteiger partial charge >= 0.3 is 0 Å². The minimum absolute atomic E-state index is 0.178. The van der Waals surface area contributed by atoms with Gasteiger partial charge in [-0.25, -0.2) is 8.42 Å². The Balaban J connectivity index is 2.39. The first-order chi connectivity index (χ1) is 9.31. The molecule has 0 spiro atoms. The number of thiophene rings is 1. The summed E-state index contributed by atoms with van der Waals surface area (Å²) >= 11 is 9.49. The van der Waals surface area contributed by atoms with Crippen LogP contribution in [0.5, 0.6) is 0 Å². The molecule has 1 heterocycles. The standard InChI is InChI=1S/C10H6BrClN2O4S2/c11-6-3-1-2-4-7(6)13-20(17,18)9-5-8(14(15)16)10(12)19-9/h1-5,13H. The molecule has 1 aromatic heterocycles. The normalized spacial score (nSPS) is 11.3. The summed E-state index contributed by atoms with van der Waals surface area (Å²) in [5.41, 5.74) is -0.0937. The molecule has 0 amide bonds. The maximum Gasteiger partial charge on any atom is 0.300 e. The highest BCUT2D eigenvalue weighted by atomic mass is 79.9. The predicted octanol–water partition coefficient (Wildman–Crippen LogP) is 3.87. The van der Waals surface area contributed by atoms with E-state index in [1.807, 2.05) is 0 Å². The van der Waals surface area contributed by atoms with Gasteiger partial charge in [-0.1, -0.05) is 23.7 Å². The molecule has 0 aliphatic rings. The number of para-hydroxylation sites is 1. The maximum atomic E-state index is 12.1. The van der Waals surface area contributed by atoms with E-state index in [9.17, 15) is 18.5 Å². The zero-order chi connectivity index (χ0) is 14.9. The van der Waals surface area contributed by atoms with Gasteiger partial charge in [-0.3, -0.25) is 14.8 Å². The SMILES string of the molecule is O=[N+]([O-])c1cc(S(=O)(=O)Nc2ccccc2Br)sc1Cl. The molecular formula is C10H6BrClN2O4S2. The average molecular weight is 398 g/mol. The molecule has 0 fully saturated rings. The van der Waals surface area contributed by atoms with Crippen LogP contribution in [-0.4, -0.2) is 13.3 Å². The summed E-state index contributed by atoms with van der Waals surface area (Å²) in [6, 6.07) is 7.56. The molecule has 0 radical (unpaired) electrons. The first-order valence-corrected chi connectivity index (χ1v) is 8.49. The third-order valence-corrected chi connectivity index (χ3v) is 6.09. The first-order valence-electron chi connectivity index (χ1n) is 5.02. The zero-order valence-electron chi connectivity index (χ0n) is 9.54. The average Bonchev–Trinajstić information content (AvgIpc) is 2.75. The van der Waals surface area contributed by atoms with Gasteiger partial charge in [0.2, 0.25) is 0 Å². The van der Waals surface area contributed by atoms with Crippen LogP contribution in [0, 0.1) is 10.1 Å². The van der Waals surface area contributed by atoms with Gasteiger partial charge in [-0.15, -0.1) is 11.3 Å². The van der Waals surface area contributed by atoms with Gasteiger partial charge in [-0.05, 0) is 28.1 Å². The largest absolute Gasteiger partial charge is 0.300 e. The number of benzene rings is 1. The lowest BCUT2D eigenvalue weighted by Crippen LogP contribution is -2.11. The minimum atomic E-state index is -3.92. The second-order valence-electron chi connectivity index (χ2n) is 3.57. The van der Waals surface area contributed by atoms with Crippen LogP contribution in [0.1, 0.15) is 0 Å². The van der Waals surface area contributed by atoms with Crippen molar-refractivity contribution in [1.82, 2.24) is 0 Å². The zero-order valence-corrected chi connectivity index (χ0v) is 13.5. The van der Waals surface area contributed by atoms with E-state index in [0.29, 0.717) is 21.5 Å². The molecule has 106 valence electrons. The summed E-state index contributed by atoms with van der Waals surface area (Å²) in [5, 5.41) is 10.7. The van der Waals surface area contributed by atoms with Gasteiger partial charge in [0.15, 0.2) is 4.34 Å². The lowest BCUT2D eigenvalue weighted by molar-refractivity contribution is -0.384. The van der Waals surface area contributed by atoms with E-state index in [4.69, 9.17) is 11.6 Å². The molecule has 0 saturated carbocycles. The van der Waals surface area contributed by atoms with Crippen molar-refractivity contribution in [2.45, 2.75) is 4.21 Å². The van der Waals surface area contributed by atoms with Crippen LogP contribution >= 0.6 is 38.9 Å². The molecule has 0 aliphatic heterocycles. The van der Waals surface area contributed by atoms with Gasteiger partial charge < -0.3 is 0 Å². The fourth-order valence-corrected chi connectivity index (χ4v) is 4.59. The Morgan fingerprint density at radius 2 is 2.00 bits per heavy atom. The Morgan fingerprint density at radius 3 is 2.55 bits per heavy atom. The quantitative estimate of drug-likeness (QED) is 0.626. The lowest BCUT2D eigenvalue weighted by Gasteiger charge is -2.07. The number of anilines is 1. The third kappa shape index (κ3) is 3.11. The number of hydrogen-bond donors (Lipinski definition) is 1. The van der Waals surface area contributed by atoms with E-state index >= 15 is 0 Å². The molecule has 0 unspecified atom stereocenters. The molecule has 20 heavy (non-hydrogen) atoms. The molecule has 0 saturated heterocycles. The molecule has 1 aromatic carbocycles. The predicted molar refractivity (Wildman–Crippen MR) is 80.9 cm³/mol. The summed E-state index contributed by atoms with van der Waals surface area (Å²) in [6.07, 6.45) is 0. The van der Waals surface area contributed by atoms with E-state index in [1.54, 1.807) is 24.3 Å². The van der Waals surface area contributed by atoms with Crippen LogP contribution in [0.2, 0.25) is 4.34 Å². The van der Waals surface area contributed by atoms with Gasteiger partial charge in [0.05, 0.1) is 10.6 Å². The maximum absolute atomic E-state index is 12.1.